The molecule has 0 aliphatic rings. The van der Waals surface area contributed by atoms with Gasteiger partial charge in [-0.15, -0.1) is 0 Å². The van der Waals surface area contributed by atoms with Gasteiger partial charge in [0.25, 0.3) is 0 Å². The van der Waals surface area contributed by atoms with Crippen molar-refractivity contribution in [3.8, 4) is 0 Å². The summed E-state index contributed by atoms with van der Waals surface area (Å²) in [5.41, 5.74) is 0. The summed E-state index contributed by atoms with van der Waals surface area (Å²) in [4.78, 5) is 0. The van der Waals surface area contributed by atoms with Crippen LogP contribution >= 0.6 is 0 Å². The Morgan fingerprint density at radius 3 is 1.89 bits per heavy atom. The Hall–Kier alpha value is -0.110. The normalized spacial score (nSPS) is 16.4. The van der Waals surface area contributed by atoms with E-state index >= 15 is 0 Å². The minimum atomic E-state index is -0.818. The maximum atomic E-state index is 11.1. The fourth-order valence-electron chi connectivity index (χ4n) is 0.328. The molecule has 1 unspecified atom stereocenters. The van der Waals surface area contributed by atoms with Gasteiger partial charge in [-0.25, -0.2) is 0 Å². The summed E-state index contributed by atoms with van der Waals surface area (Å²) in [5.74, 6) is 0. The number of rotatable bonds is 1. The van der Waals surface area contributed by atoms with Gasteiger partial charge in [0, 0.05) is 4.75 Å². The van der Waals surface area contributed by atoms with E-state index in [0.717, 1.165) is 0 Å². The minimum absolute atomic E-state index is 0.105. The monoisotopic (exact) mass is 146 g/mol. The van der Waals surface area contributed by atoms with Gasteiger partial charge in [-0.2, -0.15) is 0 Å². The summed E-state index contributed by atoms with van der Waals surface area (Å²) in [6.07, 6.45) is 1.82. The SMILES string of the molecule is C/C=C/S(=O)C(C)(C)C. The van der Waals surface area contributed by atoms with Crippen LogP contribution in [0.15, 0.2) is 11.5 Å². The molecular weight excluding hydrogens is 132 g/mol. The van der Waals surface area contributed by atoms with Crippen molar-refractivity contribution in [2.75, 3.05) is 0 Å². The van der Waals surface area contributed by atoms with Crippen LogP contribution in [0.4, 0.5) is 0 Å². The molecule has 0 aromatic rings. The lowest BCUT2D eigenvalue weighted by molar-refractivity contribution is 0.656. The predicted molar refractivity (Wildman–Crippen MR) is 42.7 cm³/mol. The highest BCUT2D eigenvalue weighted by atomic mass is 32.2. The first kappa shape index (κ1) is 8.89. The van der Waals surface area contributed by atoms with E-state index in [-0.39, 0.29) is 4.75 Å². The van der Waals surface area contributed by atoms with Gasteiger partial charge >= 0.3 is 0 Å². The highest BCUT2D eigenvalue weighted by Gasteiger charge is 2.15. The van der Waals surface area contributed by atoms with E-state index in [2.05, 4.69) is 0 Å². The maximum absolute atomic E-state index is 11.1. The molecule has 0 saturated heterocycles. The largest absolute Gasteiger partial charge is 0.254 e. The van der Waals surface area contributed by atoms with Gasteiger partial charge in [0.2, 0.25) is 0 Å². The molecule has 2 heteroatoms. The van der Waals surface area contributed by atoms with Gasteiger partial charge in [-0.3, -0.25) is 4.21 Å². The molecule has 0 spiro atoms. The number of hydrogen-bond donors (Lipinski definition) is 0. The second-order valence-electron chi connectivity index (χ2n) is 2.88. The smallest absolute Gasteiger partial charge is 0.0506 e. The number of allylic oxidation sites excluding steroid dienone is 1. The van der Waals surface area contributed by atoms with E-state index < -0.39 is 10.8 Å². The lowest BCUT2D eigenvalue weighted by atomic mass is 10.3. The van der Waals surface area contributed by atoms with Crippen LogP contribution in [0.3, 0.4) is 0 Å². The zero-order valence-electron chi connectivity index (χ0n) is 6.47. The molecule has 0 aliphatic carbocycles. The average Bonchev–Trinajstić information content (AvgIpc) is 1.64. The predicted octanol–water partition coefficient (Wildman–Crippen LogP) is 2.07. The first-order chi connectivity index (χ1) is 3.98. The molecule has 0 bridgehead atoms. The van der Waals surface area contributed by atoms with Crippen molar-refractivity contribution in [2.24, 2.45) is 0 Å². The van der Waals surface area contributed by atoms with Crippen molar-refractivity contribution in [3.05, 3.63) is 11.5 Å². The molecule has 0 fully saturated rings. The van der Waals surface area contributed by atoms with Crippen molar-refractivity contribution in [2.45, 2.75) is 32.4 Å². The highest BCUT2D eigenvalue weighted by Crippen LogP contribution is 2.11. The summed E-state index contributed by atoms with van der Waals surface area (Å²) in [6.45, 7) is 7.76. The van der Waals surface area contributed by atoms with Crippen molar-refractivity contribution >= 4 is 10.8 Å². The maximum Gasteiger partial charge on any atom is 0.0506 e. The molecule has 54 valence electrons. The Morgan fingerprint density at radius 1 is 1.33 bits per heavy atom. The Labute approximate surface area is 59.6 Å². The molecule has 0 aromatic heterocycles. The van der Waals surface area contributed by atoms with Gasteiger partial charge in [-0.1, -0.05) is 6.08 Å². The molecule has 1 atom stereocenters. The van der Waals surface area contributed by atoms with Crippen molar-refractivity contribution in [1.82, 2.24) is 0 Å². The van der Waals surface area contributed by atoms with E-state index in [4.69, 9.17) is 0 Å². The molecule has 1 nitrogen and oxygen atoms in total. The Bertz CT molecular complexity index is 130. The molecule has 0 rings (SSSR count). The quantitative estimate of drug-likeness (QED) is 0.553. The topological polar surface area (TPSA) is 17.1 Å². The van der Waals surface area contributed by atoms with E-state index in [1.807, 2.05) is 33.8 Å². The van der Waals surface area contributed by atoms with Crippen LogP contribution in [-0.4, -0.2) is 8.96 Å². The molecule has 0 amide bonds. The standard InChI is InChI=1S/C7H14OS/c1-5-6-9(8)7(2,3)4/h5-6H,1-4H3/b6-5+. The van der Waals surface area contributed by atoms with Gasteiger partial charge in [0.1, 0.15) is 0 Å². The van der Waals surface area contributed by atoms with Gasteiger partial charge < -0.3 is 0 Å². The first-order valence-corrected chi connectivity index (χ1v) is 4.23. The van der Waals surface area contributed by atoms with Crippen molar-refractivity contribution < 1.29 is 4.21 Å². The Balaban J connectivity index is 4.06. The van der Waals surface area contributed by atoms with Crippen LogP contribution in [0.1, 0.15) is 27.7 Å². The summed E-state index contributed by atoms with van der Waals surface area (Å²) in [5, 5.41) is 1.72. The first-order valence-electron chi connectivity index (χ1n) is 3.02. The van der Waals surface area contributed by atoms with Gasteiger partial charge in [0.05, 0.1) is 10.8 Å². The molecule has 0 radical (unpaired) electrons. The molecule has 0 N–H and O–H groups in total. The van der Waals surface area contributed by atoms with Crippen molar-refractivity contribution in [1.29, 1.82) is 0 Å². The van der Waals surface area contributed by atoms with E-state index in [0.29, 0.717) is 0 Å². The van der Waals surface area contributed by atoms with Crippen LogP contribution < -0.4 is 0 Å². The molecule has 0 aliphatic heterocycles. The van der Waals surface area contributed by atoms with Gasteiger partial charge in [0.15, 0.2) is 0 Å². The third kappa shape index (κ3) is 3.46. The second kappa shape index (κ2) is 3.16. The number of hydrogen-bond acceptors (Lipinski definition) is 1. The second-order valence-corrected chi connectivity index (χ2v) is 4.97. The fourth-order valence-corrected chi connectivity index (χ4v) is 0.983. The van der Waals surface area contributed by atoms with E-state index in [1.165, 1.54) is 0 Å². The summed E-state index contributed by atoms with van der Waals surface area (Å²) < 4.78 is 11.0. The van der Waals surface area contributed by atoms with E-state index in [9.17, 15) is 4.21 Å². The lowest BCUT2D eigenvalue weighted by Gasteiger charge is -2.13. The zero-order chi connectivity index (χ0) is 7.49. The zero-order valence-corrected chi connectivity index (χ0v) is 7.29. The van der Waals surface area contributed by atoms with E-state index in [1.54, 1.807) is 5.41 Å². The van der Waals surface area contributed by atoms with Crippen LogP contribution in [0.5, 0.6) is 0 Å². The summed E-state index contributed by atoms with van der Waals surface area (Å²) >= 11 is 0. The molecule has 0 aromatic carbocycles. The molecule has 0 heterocycles. The molecule has 9 heavy (non-hydrogen) atoms. The highest BCUT2D eigenvalue weighted by molar-refractivity contribution is 7.89. The third-order valence-corrected chi connectivity index (χ3v) is 2.59. The van der Waals surface area contributed by atoms with Crippen LogP contribution in [-0.2, 0) is 10.8 Å². The Kier molecular flexibility index (Phi) is 3.12. The summed E-state index contributed by atoms with van der Waals surface area (Å²) in [6, 6.07) is 0. The average molecular weight is 146 g/mol. The van der Waals surface area contributed by atoms with Crippen LogP contribution in [0, 0.1) is 0 Å². The van der Waals surface area contributed by atoms with Crippen LogP contribution in [0.2, 0.25) is 0 Å². The van der Waals surface area contributed by atoms with Gasteiger partial charge in [-0.05, 0) is 33.1 Å². The Morgan fingerprint density at radius 2 is 1.78 bits per heavy atom. The lowest BCUT2D eigenvalue weighted by Crippen LogP contribution is -2.19. The fraction of sp³-hybridized carbons (Fsp3) is 0.714. The minimum Gasteiger partial charge on any atom is -0.254 e. The summed E-state index contributed by atoms with van der Waals surface area (Å²) in [7, 11) is -0.818. The molecular formula is C7H14OS. The van der Waals surface area contributed by atoms with Crippen LogP contribution in [0.25, 0.3) is 0 Å². The molecule has 0 saturated carbocycles. The third-order valence-electron chi connectivity index (χ3n) is 0.863. The van der Waals surface area contributed by atoms with Crippen molar-refractivity contribution in [3.63, 3.8) is 0 Å².